The van der Waals surface area contributed by atoms with Gasteiger partial charge in [0.25, 0.3) is 0 Å². The molecule has 4 fully saturated rings. The van der Waals surface area contributed by atoms with Crippen LogP contribution in [0.4, 0.5) is 8.78 Å². The highest BCUT2D eigenvalue weighted by Gasteiger charge is 2.56. The first-order valence-corrected chi connectivity index (χ1v) is 6.84. The zero-order chi connectivity index (χ0) is 10.7. The van der Waals surface area contributed by atoms with Gasteiger partial charge < -0.3 is 0 Å². The monoisotopic (exact) mass is 279 g/mol. The summed E-state index contributed by atoms with van der Waals surface area (Å²) in [6, 6.07) is 0. The second kappa shape index (κ2) is 3.16. The van der Waals surface area contributed by atoms with Crippen LogP contribution in [0.2, 0.25) is 0 Å². The normalized spacial score (nSPS) is 43.8. The minimum Gasteiger partial charge on any atom is -0.296 e. The molecule has 2 bridgehead atoms. The van der Waals surface area contributed by atoms with Crippen molar-refractivity contribution in [2.24, 2.45) is 11.8 Å². The van der Waals surface area contributed by atoms with Crippen LogP contribution in [-0.2, 0) is 0 Å². The summed E-state index contributed by atoms with van der Waals surface area (Å²) in [5, 5.41) is 1.01. The van der Waals surface area contributed by atoms with Gasteiger partial charge in [0.1, 0.15) is 0 Å². The fourth-order valence-electron chi connectivity index (χ4n) is 3.60. The van der Waals surface area contributed by atoms with E-state index in [9.17, 15) is 8.78 Å². The molecule has 0 amide bonds. The molecule has 4 heteroatoms. The van der Waals surface area contributed by atoms with Crippen LogP contribution < -0.4 is 0 Å². The Kier molecular flexibility index (Phi) is 2.20. The molecule has 4 aliphatic rings. The van der Waals surface area contributed by atoms with Crippen LogP contribution in [-0.4, -0.2) is 34.8 Å². The van der Waals surface area contributed by atoms with Gasteiger partial charge in [-0.05, 0) is 24.7 Å². The summed E-state index contributed by atoms with van der Waals surface area (Å²) in [6.07, 6.45) is 2.79. The number of hydrogen-bond donors (Lipinski definition) is 0. The van der Waals surface area contributed by atoms with Crippen LogP contribution in [0.15, 0.2) is 0 Å². The van der Waals surface area contributed by atoms with E-state index in [1.54, 1.807) is 0 Å². The molecule has 2 saturated heterocycles. The first-order valence-electron chi connectivity index (χ1n) is 5.72. The average Bonchev–Trinajstić information content (AvgIpc) is 2.53. The predicted molar refractivity (Wildman–Crippen MR) is 58.5 cm³/mol. The lowest BCUT2D eigenvalue weighted by molar-refractivity contribution is -0.118. The Morgan fingerprint density at radius 3 is 2.40 bits per heavy atom. The van der Waals surface area contributed by atoms with Gasteiger partial charge in [0.2, 0.25) is 5.92 Å². The summed E-state index contributed by atoms with van der Waals surface area (Å²) in [7, 11) is 0. The summed E-state index contributed by atoms with van der Waals surface area (Å²) in [5.74, 6) is -1.26. The van der Waals surface area contributed by atoms with Gasteiger partial charge in [0.15, 0.2) is 0 Å². The Morgan fingerprint density at radius 2 is 1.87 bits per heavy atom. The number of rotatable bonds is 3. The largest absolute Gasteiger partial charge is 0.296 e. The lowest BCUT2D eigenvalue weighted by Crippen LogP contribution is -2.51. The van der Waals surface area contributed by atoms with E-state index in [4.69, 9.17) is 0 Å². The van der Waals surface area contributed by atoms with E-state index < -0.39 is 5.92 Å². The molecule has 2 aliphatic heterocycles. The second-order valence-electron chi connectivity index (χ2n) is 5.67. The summed E-state index contributed by atoms with van der Waals surface area (Å²) in [6.45, 7) is 2.05. The molecule has 0 unspecified atom stereocenters. The van der Waals surface area contributed by atoms with Crippen LogP contribution >= 0.6 is 15.9 Å². The molecule has 0 spiro atoms. The Bertz CT molecular complexity index is 268. The molecule has 1 nitrogen and oxygen atoms in total. The molecule has 0 aromatic carbocycles. The van der Waals surface area contributed by atoms with E-state index >= 15 is 0 Å². The van der Waals surface area contributed by atoms with Gasteiger partial charge in [-0.25, -0.2) is 8.78 Å². The quantitative estimate of drug-likeness (QED) is 0.718. The van der Waals surface area contributed by atoms with Crippen molar-refractivity contribution in [2.75, 3.05) is 18.4 Å². The highest BCUT2D eigenvalue weighted by molar-refractivity contribution is 9.09. The Hall–Kier alpha value is 0.300. The Balaban J connectivity index is 1.57. The maximum atomic E-state index is 12.7. The summed E-state index contributed by atoms with van der Waals surface area (Å²) in [4.78, 5) is 2.46. The van der Waals surface area contributed by atoms with Gasteiger partial charge >= 0.3 is 0 Å². The average molecular weight is 280 g/mol. The molecule has 2 aliphatic carbocycles. The molecular weight excluding hydrogens is 264 g/mol. The van der Waals surface area contributed by atoms with Crippen molar-refractivity contribution in [3.8, 4) is 0 Å². The van der Waals surface area contributed by atoms with Crippen molar-refractivity contribution >= 4 is 15.9 Å². The van der Waals surface area contributed by atoms with E-state index in [-0.39, 0.29) is 18.8 Å². The number of nitrogens with zero attached hydrogens (tertiary/aromatic N) is 1. The minimum absolute atomic E-state index is 0.118. The van der Waals surface area contributed by atoms with Gasteiger partial charge in [-0.3, -0.25) is 4.90 Å². The molecule has 0 radical (unpaired) electrons. The molecular formula is C11H16BrF2N. The van der Waals surface area contributed by atoms with E-state index in [1.807, 2.05) is 0 Å². The Morgan fingerprint density at radius 1 is 1.20 bits per heavy atom. The lowest BCUT2D eigenvalue weighted by atomic mass is 9.74. The van der Waals surface area contributed by atoms with Crippen LogP contribution in [0.1, 0.15) is 25.7 Å². The summed E-state index contributed by atoms with van der Waals surface area (Å²) >= 11 is 3.57. The van der Waals surface area contributed by atoms with Crippen LogP contribution in [0, 0.1) is 11.8 Å². The van der Waals surface area contributed by atoms with E-state index in [0.29, 0.717) is 5.54 Å². The molecule has 0 atom stereocenters. The smallest absolute Gasteiger partial charge is 0.248 e. The highest BCUT2D eigenvalue weighted by Crippen LogP contribution is 2.53. The van der Waals surface area contributed by atoms with Gasteiger partial charge in [0.05, 0.1) is 0 Å². The molecule has 4 rings (SSSR count). The molecule has 0 aromatic rings. The first kappa shape index (κ1) is 10.5. The fraction of sp³-hybridized carbons (Fsp3) is 1.00. The van der Waals surface area contributed by atoms with Crippen molar-refractivity contribution < 1.29 is 8.78 Å². The molecule has 2 saturated carbocycles. The lowest BCUT2D eigenvalue weighted by Gasteiger charge is -2.44. The third kappa shape index (κ3) is 1.55. The summed E-state index contributed by atoms with van der Waals surface area (Å²) < 4.78 is 25.4. The van der Waals surface area contributed by atoms with Crippen LogP contribution in [0.25, 0.3) is 0 Å². The third-order valence-corrected chi connectivity index (χ3v) is 5.43. The summed E-state index contributed by atoms with van der Waals surface area (Å²) in [5.41, 5.74) is 0.343. The van der Waals surface area contributed by atoms with Gasteiger partial charge in [-0.1, -0.05) is 15.9 Å². The molecule has 0 N–H and O–H groups in total. The van der Waals surface area contributed by atoms with Crippen molar-refractivity contribution in [3.05, 3.63) is 0 Å². The maximum Gasteiger partial charge on any atom is 0.248 e. The van der Waals surface area contributed by atoms with Crippen molar-refractivity contribution in [3.63, 3.8) is 0 Å². The van der Waals surface area contributed by atoms with Gasteiger partial charge in [-0.15, -0.1) is 0 Å². The van der Waals surface area contributed by atoms with Crippen molar-refractivity contribution in [2.45, 2.75) is 37.1 Å². The maximum absolute atomic E-state index is 12.7. The fourth-order valence-corrected chi connectivity index (χ4v) is 4.41. The van der Waals surface area contributed by atoms with E-state index in [0.717, 1.165) is 24.3 Å². The van der Waals surface area contributed by atoms with Gasteiger partial charge in [-0.2, -0.15) is 0 Å². The Labute approximate surface area is 97.3 Å². The first-order chi connectivity index (χ1) is 7.03. The number of halogens is 3. The SMILES string of the molecule is FC1(F)CC(CN2CC3CC2(CBr)C3)C1. The molecule has 0 aromatic heterocycles. The third-order valence-electron chi connectivity index (χ3n) is 4.39. The molecule has 86 valence electrons. The van der Waals surface area contributed by atoms with Crippen molar-refractivity contribution in [1.29, 1.82) is 0 Å². The zero-order valence-corrected chi connectivity index (χ0v) is 10.3. The molecule has 2 heterocycles. The molecule has 15 heavy (non-hydrogen) atoms. The van der Waals surface area contributed by atoms with Crippen molar-refractivity contribution in [1.82, 2.24) is 4.90 Å². The van der Waals surface area contributed by atoms with Crippen LogP contribution in [0.3, 0.4) is 0 Å². The van der Waals surface area contributed by atoms with Crippen LogP contribution in [0.5, 0.6) is 0 Å². The number of fused-ring (bicyclic) bond motifs is 1. The minimum atomic E-state index is -2.35. The number of alkyl halides is 3. The predicted octanol–water partition coefficient (Wildman–Crippen LogP) is 2.89. The van der Waals surface area contributed by atoms with E-state index in [2.05, 4.69) is 20.8 Å². The van der Waals surface area contributed by atoms with E-state index in [1.165, 1.54) is 12.8 Å². The topological polar surface area (TPSA) is 3.24 Å². The second-order valence-corrected chi connectivity index (χ2v) is 6.23. The highest BCUT2D eigenvalue weighted by atomic mass is 79.9. The zero-order valence-electron chi connectivity index (χ0n) is 8.69. The number of hydrogen-bond acceptors (Lipinski definition) is 1. The standard InChI is InChI=1S/C11H16BrF2N/c12-7-10-1-8(2-10)5-15(10)6-9-3-11(13,14)4-9/h8-9H,1-7H2. The van der Waals surface area contributed by atoms with Gasteiger partial charge in [0, 0.05) is 36.8 Å².